The molecule has 0 amide bonds. The molecule has 3 nitrogen and oxygen atoms in total. The Bertz CT molecular complexity index is 790. The Kier molecular flexibility index (Phi) is 2.83. The van der Waals surface area contributed by atoms with Crippen LogP contribution in [0.15, 0.2) is 46.3 Å². The van der Waals surface area contributed by atoms with Crippen LogP contribution in [-0.4, -0.2) is 16.7 Å². The standard InChI is InChI=1S/C16H13ClN2OS/c17-10-4-5-13-12(8-10)16(20,15(18)19-13)11-3-1-2-9-6-7-21-14(9)11/h1-5,8,20H,6-7H2,(H2,18,19). The van der Waals surface area contributed by atoms with Crippen LogP contribution in [0.4, 0.5) is 5.69 Å². The minimum atomic E-state index is -1.39. The molecule has 0 saturated heterocycles. The van der Waals surface area contributed by atoms with Crippen LogP contribution in [0, 0.1) is 0 Å². The van der Waals surface area contributed by atoms with E-state index in [4.69, 9.17) is 17.3 Å². The van der Waals surface area contributed by atoms with Crippen LogP contribution >= 0.6 is 23.4 Å². The molecule has 2 aliphatic rings. The summed E-state index contributed by atoms with van der Waals surface area (Å²) in [6.45, 7) is 0. The normalized spacial score (nSPS) is 22.9. The average Bonchev–Trinajstić information content (AvgIpc) is 3.04. The molecule has 1 unspecified atom stereocenters. The van der Waals surface area contributed by atoms with Gasteiger partial charge in [-0.25, -0.2) is 4.99 Å². The Hall–Kier alpha value is -1.49. The third kappa shape index (κ3) is 1.76. The minimum Gasteiger partial charge on any atom is -0.384 e. The number of aliphatic imine (C=N–C) groups is 1. The topological polar surface area (TPSA) is 58.6 Å². The first-order valence-electron chi connectivity index (χ1n) is 6.73. The molecule has 2 aromatic rings. The number of hydrogen-bond acceptors (Lipinski definition) is 4. The van der Waals surface area contributed by atoms with Crippen molar-refractivity contribution in [3.05, 3.63) is 58.1 Å². The number of thioether (sulfide) groups is 1. The Morgan fingerprint density at radius 2 is 2.10 bits per heavy atom. The van der Waals surface area contributed by atoms with Crippen molar-refractivity contribution >= 4 is 34.9 Å². The van der Waals surface area contributed by atoms with E-state index in [2.05, 4.69) is 11.1 Å². The molecule has 2 aromatic carbocycles. The lowest BCUT2D eigenvalue weighted by Crippen LogP contribution is -2.40. The number of rotatable bonds is 1. The number of benzene rings is 2. The zero-order valence-electron chi connectivity index (χ0n) is 11.1. The molecule has 2 heterocycles. The van der Waals surface area contributed by atoms with Gasteiger partial charge in [-0.2, -0.15) is 0 Å². The molecule has 0 spiro atoms. The second-order valence-electron chi connectivity index (χ2n) is 5.26. The number of fused-ring (bicyclic) bond motifs is 2. The number of nitrogens with zero attached hydrogens (tertiary/aromatic N) is 1. The van der Waals surface area contributed by atoms with Crippen LogP contribution in [0.25, 0.3) is 0 Å². The minimum absolute atomic E-state index is 0.209. The van der Waals surface area contributed by atoms with E-state index in [1.54, 1.807) is 30.0 Å². The van der Waals surface area contributed by atoms with Gasteiger partial charge < -0.3 is 10.8 Å². The van der Waals surface area contributed by atoms with Gasteiger partial charge in [0.1, 0.15) is 5.84 Å². The molecule has 0 aliphatic carbocycles. The van der Waals surface area contributed by atoms with E-state index >= 15 is 0 Å². The van der Waals surface area contributed by atoms with Crippen LogP contribution in [0.3, 0.4) is 0 Å². The lowest BCUT2D eigenvalue weighted by atomic mass is 9.85. The monoisotopic (exact) mass is 316 g/mol. The molecule has 21 heavy (non-hydrogen) atoms. The lowest BCUT2D eigenvalue weighted by molar-refractivity contribution is 0.155. The number of amidine groups is 1. The molecular weight excluding hydrogens is 304 g/mol. The average molecular weight is 317 g/mol. The molecule has 5 heteroatoms. The molecule has 4 rings (SSSR count). The van der Waals surface area contributed by atoms with Gasteiger partial charge in [-0.15, -0.1) is 11.8 Å². The van der Waals surface area contributed by atoms with Gasteiger partial charge in [-0.1, -0.05) is 29.8 Å². The number of halogens is 1. The number of aryl methyl sites for hydroxylation is 1. The first kappa shape index (κ1) is 13.2. The van der Waals surface area contributed by atoms with E-state index in [1.165, 1.54) is 5.56 Å². The van der Waals surface area contributed by atoms with E-state index < -0.39 is 5.60 Å². The second kappa shape index (κ2) is 4.50. The Balaban J connectivity index is 1.99. The molecule has 0 radical (unpaired) electrons. The zero-order chi connectivity index (χ0) is 14.6. The van der Waals surface area contributed by atoms with Gasteiger partial charge in [0, 0.05) is 26.8 Å². The highest BCUT2D eigenvalue weighted by molar-refractivity contribution is 7.99. The second-order valence-corrected chi connectivity index (χ2v) is 6.80. The van der Waals surface area contributed by atoms with Gasteiger partial charge >= 0.3 is 0 Å². The van der Waals surface area contributed by atoms with Crippen LogP contribution in [0.2, 0.25) is 5.02 Å². The van der Waals surface area contributed by atoms with E-state index in [0.717, 1.165) is 22.6 Å². The predicted octanol–water partition coefficient (Wildman–Crippen LogP) is 3.23. The van der Waals surface area contributed by atoms with Gasteiger partial charge in [0.25, 0.3) is 0 Å². The summed E-state index contributed by atoms with van der Waals surface area (Å²) in [5, 5.41) is 11.9. The zero-order valence-corrected chi connectivity index (χ0v) is 12.7. The van der Waals surface area contributed by atoms with Crippen LogP contribution < -0.4 is 5.73 Å². The van der Waals surface area contributed by atoms with Crippen molar-refractivity contribution in [1.29, 1.82) is 0 Å². The van der Waals surface area contributed by atoms with E-state index in [-0.39, 0.29) is 5.84 Å². The van der Waals surface area contributed by atoms with Gasteiger partial charge in [0.15, 0.2) is 5.60 Å². The quantitative estimate of drug-likeness (QED) is 0.849. The fourth-order valence-electron chi connectivity index (χ4n) is 3.03. The molecule has 2 aliphatic heterocycles. The van der Waals surface area contributed by atoms with Crippen LogP contribution in [0.5, 0.6) is 0 Å². The molecule has 0 aromatic heterocycles. The molecule has 0 bridgehead atoms. The lowest BCUT2D eigenvalue weighted by Gasteiger charge is -2.27. The van der Waals surface area contributed by atoms with Crippen molar-refractivity contribution in [3.8, 4) is 0 Å². The van der Waals surface area contributed by atoms with Gasteiger partial charge in [0.05, 0.1) is 5.69 Å². The van der Waals surface area contributed by atoms with Crippen LogP contribution in [-0.2, 0) is 12.0 Å². The third-order valence-corrected chi connectivity index (χ3v) is 5.48. The molecular formula is C16H13ClN2OS. The summed E-state index contributed by atoms with van der Waals surface area (Å²) in [6.07, 6.45) is 1.02. The number of nitrogens with two attached hydrogens (primary N) is 1. The summed E-state index contributed by atoms with van der Waals surface area (Å²) in [7, 11) is 0. The highest BCUT2D eigenvalue weighted by atomic mass is 35.5. The van der Waals surface area contributed by atoms with Gasteiger partial charge in [0.2, 0.25) is 0 Å². The van der Waals surface area contributed by atoms with Crippen molar-refractivity contribution in [3.63, 3.8) is 0 Å². The first-order chi connectivity index (χ1) is 10.1. The van der Waals surface area contributed by atoms with Gasteiger partial charge in [-0.05, 0) is 30.2 Å². The highest BCUT2D eigenvalue weighted by Gasteiger charge is 2.44. The maximum absolute atomic E-state index is 11.3. The Labute approximate surface area is 131 Å². The van der Waals surface area contributed by atoms with Crippen molar-refractivity contribution in [1.82, 2.24) is 0 Å². The molecule has 0 fully saturated rings. The Morgan fingerprint density at radius 3 is 2.95 bits per heavy atom. The summed E-state index contributed by atoms with van der Waals surface area (Å²) < 4.78 is 0. The molecule has 106 valence electrons. The number of aliphatic hydroxyl groups is 1. The van der Waals surface area contributed by atoms with Crippen LogP contribution in [0.1, 0.15) is 16.7 Å². The molecule has 0 saturated carbocycles. The summed E-state index contributed by atoms with van der Waals surface area (Å²) in [5.41, 5.74) is 8.11. The predicted molar refractivity (Wildman–Crippen MR) is 86.6 cm³/mol. The summed E-state index contributed by atoms with van der Waals surface area (Å²) >= 11 is 7.85. The van der Waals surface area contributed by atoms with E-state index in [9.17, 15) is 5.11 Å². The van der Waals surface area contributed by atoms with E-state index in [1.807, 2.05) is 12.1 Å². The maximum atomic E-state index is 11.3. The van der Waals surface area contributed by atoms with Crippen molar-refractivity contribution in [2.45, 2.75) is 16.9 Å². The smallest absolute Gasteiger partial charge is 0.175 e. The summed E-state index contributed by atoms with van der Waals surface area (Å²) in [6, 6.07) is 11.3. The number of hydrogen-bond donors (Lipinski definition) is 2. The highest BCUT2D eigenvalue weighted by Crippen LogP contribution is 2.47. The maximum Gasteiger partial charge on any atom is 0.175 e. The van der Waals surface area contributed by atoms with Crippen molar-refractivity contribution < 1.29 is 5.11 Å². The van der Waals surface area contributed by atoms with Crippen molar-refractivity contribution in [2.24, 2.45) is 10.7 Å². The fourth-order valence-corrected chi connectivity index (χ4v) is 4.45. The fraction of sp³-hybridized carbons (Fsp3) is 0.188. The largest absolute Gasteiger partial charge is 0.384 e. The Morgan fingerprint density at radius 1 is 1.24 bits per heavy atom. The van der Waals surface area contributed by atoms with E-state index in [0.29, 0.717) is 16.3 Å². The van der Waals surface area contributed by atoms with Gasteiger partial charge in [-0.3, -0.25) is 0 Å². The summed E-state index contributed by atoms with van der Waals surface area (Å²) in [4.78, 5) is 5.44. The van der Waals surface area contributed by atoms with Crippen molar-refractivity contribution in [2.75, 3.05) is 5.75 Å². The third-order valence-electron chi connectivity index (χ3n) is 4.06. The molecule has 3 N–H and O–H groups in total. The summed E-state index contributed by atoms with van der Waals surface area (Å²) in [5.74, 6) is 1.24. The SMILES string of the molecule is NC1=Nc2ccc(Cl)cc2C1(O)c1cccc2c1SCC2. The first-order valence-corrected chi connectivity index (χ1v) is 8.09. The molecule has 1 atom stereocenters.